The summed E-state index contributed by atoms with van der Waals surface area (Å²) in [6, 6.07) is 0. The standard InChI is InChI=1S/C5H4Cl2/c6-4-2-1-3-5(4)7/h1-2H,3H2. The topological polar surface area (TPSA) is 0 Å². The van der Waals surface area contributed by atoms with Crippen molar-refractivity contribution >= 4 is 23.2 Å². The SMILES string of the molecule is ClC1=C(Cl)CC=C1. The molecule has 0 fully saturated rings. The van der Waals surface area contributed by atoms with Crippen molar-refractivity contribution in [2.45, 2.75) is 6.42 Å². The van der Waals surface area contributed by atoms with Gasteiger partial charge in [0.1, 0.15) is 0 Å². The predicted octanol–water partition coefficient (Wildman–Crippen LogP) is 2.64. The molecule has 2 heteroatoms. The first-order valence-corrected chi connectivity index (χ1v) is 2.77. The molecule has 7 heavy (non-hydrogen) atoms. The predicted molar refractivity (Wildman–Crippen MR) is 32.5 cm³/mol. The van der Waals surface area contributed by atoms with E-state index in [2.05, 4.69) is 0 Å². The van der Waals surface area contributed by atoms with Gasteiger partial charge < -0.3 is 0 Å². The lowest BCUT2D eigenvalue weighted by Gasteiger charge is -1.81. The van der Waals surface area contributed by atoms with Crippen LogP contribution in [-0.2, 0) is 0 Å². The molecule has 1 rings (SSSR count). The van der Waals surface area contributed by atoms with Gasteiger partial charge in [-0.3, -0.25) is 0 Å². The summed E-state index contributed by atoms with van der Waals surface area (Å²) in [4.78, 5) is 0. The average Bonchev–Trinajstić information content (AvgIpc) is 1.91. The van der Waals surface area contributed by atoms with Crippen molar-refractivity contribution in [1.82, 2.24) is 0 Å². The first-order valence-electron chi connectivity index (χ1n) is 2.01. The van der Waals surface area contributed by atoms with E-state index < -0.39 is 0 Å². The summed E-state index contributed by atoms with van der Waals surface area (Å²) in [5.74, 6) is 0. The highest BCUT2D eigenvalue weighted by Gasteiger charge is 2.00. The Labute approximate surface area is 52.4 Å². The molecule has 0 bridgehead atoms. The Morgan fingerprint density at radius 3 is 2.29 bits per heavy atom. The molecule has 38 valence electrons. The lowest BCUT2D eigenvalue weighted by molar-refractivity contribution is 1.40. The summed E-state index contributed by atoms with van der Waals surface area (Å²) >= 11 is 11.1. The molecule has 0 aromatic heterocycles. The third-order valence-corrected chi connectivity index (χ3v) is 1.63. The van der Waals surface area contributed by atoms with E-state index in [-0.39, 0.29) is 0 Å². The lowest BCUT2D eigenvalue weighted by Crippen LogP contribution is -1.59. The van der Waals surface area contributed by atoms with E-state index in [0.29, 0.717) is 5.03 Å². The number of hydrogen-bond donors (Lipinski definition) is 0. The van der Waals surface area contributed by atoms with Crippen molar-refractivity contribution in [2.75, 3.05) is 0 Å². The minimum Gasteiger partial charge on any atom is -0.0872 e. The van der Waals surface area contributed by atoms with E-state index in [1.165, 1.54) is 0 Å². The van der Waals surface area contributed by atoms with Crippen LogP contribution >= 0.6 is 23.2 Å². The van der Waals surface area contributed by atoms with Gasteiger partial charge in [-0.1, -0.05) is 29.3 Å². The summed E-state index contributed by atoms with van der Waals surface area (Å²) in [5, 5.41) is 1.43. The zero-order chi connectivity index (χ0) is 5.28. The van der Waals surface area contributed by atoms with E-state index in [1.54, 1.807) is 0 Å². The van der Waals surface area contributed by atoms with E-state index >= 15 is 0 Å². The van der Waals surface area contributed by atoms with E-state index in [9.17, 15) is 0 Å². The molecule has 0 saturated heterocycles. The smallest absolute Gasteiger partial charge is 0.0551 e. The fourth-order valence-electron chi connectivity index (χ4n) is 0.454. The molecule has 0 unspecified atom stereocenters. The Hall–Kier alpha value is 0.0600. The second-order valence-corrected chi connectivity index (χ2v) is 2.22. The minimum atomic E-state index is 0.682. The Morgan fingerprint density at radius 1 is 1.43 bits per heavy atom. The highest BCUT2D eigenvalue weighted by Crippen LogP contribution is 2.24. The largest absolute Gasteiger partial charge is 0.0872 e. The van der Waals surface area contributed by atoms with Crippen LogP contribution in [0.4, 0.5) is 0 Å². The molecular formula is C5H4Cl2. The lowest BCUT2D eigenvalue weighted by atomic mass is 10.5. The third kappa shape index (κ3) is 0.987. The Balaban J connectivity index is 2.79. The monoisotopic (exact) mass is 134 g/mol. The number of hydrogen-bond acceptors (Lipinski definition) is 0. The van der Waals surface area contributed by atoms with Crippen LogP contribution < -0.4 is 0 Å². The molecule has 0 amide bonds. The molecule has 0 heterocycles. The highest BCUT2D eigenvalue weighted by atomic mass is 35.5. The first kappa shape index (κ1) is 5.20. The zero-order valence-electron chi connectivity index (χ0n) is 3.62. The molecule has 0 saturated carbocycles. The molecule has 1 aliphatic rings. The first-order chi connectivity index (χ1) is 3.30. The van der Waals surface area contributed by atoms with Gasteiger partial charge in [-0.15, -0.1) is 0 Å². The number of rotatable bonds is 0. The molecule has 0 aliphatic heterocycles. The van der Waals surface area contributed by atoms with Crippen LogP contribution in [0.1, 0.15) is 6.42 Å². The molecule has 0 atom stereocenters. The molecule has 0 spiro atoms. The summed E-state index contributed by atoms with van der Waals surface area (Å²) in [6.07, 6.45) is 4.55. The maximum Gasteiger partial charge on any atom is 0.0551 e. The Kier molecular flexibility index (Phi) is 1.40. The van der Waals surface area contributed by atoms with Crippen molar-refractivity contribution in [1.29, 1.82) is 0 Å². The summed E-state index contributed by atoms with van der Waals surface area (Å²) in [6.45, 7) is 0. The average molecular weight is 135 g/mol. The van der Waals surface area contributed by atoms with E-state index in [0.717, 1.165) is 11.5 Å². The zero-order valence-corrected chi connectivity index (χ0v) is 5.13. The molecule has 0 N–H and O–H groups in total. The van der Waals surface area contributed by atoms with Gasteiger partial charge in [-0.25, -0.2) is 0 Å². The van der Waals surface area contributed by atoms with Crippen LogP contribution in [0.25, 0.3) is 0 Å². The Morgan fingerprint density at radius 2 is 2.14 bits per heavy atom. The maximum atomic E-state index is 5.55. The van der Waals surface area contributed by atoms with Gasteiger partial charge in [-0.2, -0.15) is 0 Å². The number of allylic oxidation sites excluding steroid dienone is 4. The summed E-state index contributed by atoms with van der Waals surface area (Å²) in [7, 11) is 0. The van der Waals surface area contributed by atoms with Crippen LogP contribution in [0, 0.1) is 0 Å². The molecule has 0 radical (unpaired) electrons. The van der Waals surface area contributed by atoms with E-state index in [1.807, 2.05) is 12.2 Å². The minimum absolute atomic E-state index is 0.682. The van der Waals surface area contributed by atoms with Crippen molar-refractivity contribution in [3.63, 3.8) is 0 Å². The van der Waals surface area contributed by atoms with Gasteiger partial charge >= 0.3 is 0 Å². The maximum absolute atomic E-state index is 5.55. The summed E-state index contributed by atoms with van der Waals surface area (Å²) < 4.78 is 0. The highest BCUT2D eigenvalue weighted by molar-refractivity contribution is 6.40. The molecule has 0 nitrogen and oxygen atoms in total. The quantitative estimate of drug-likeness (QED) is 0.478. The molecule has 1 aliphatic carbocycles. The van der Waals surface area contributed by atoms with Crippen molar-refractivity contribution < 1.29 is 0 Å². The van der Waals surface area contributed by atoms with Gasteiger partial charge in [-0.05, 0) is 6.08 Å². The second-order valence-electron chi connectivity index (χ2n) is 1.36. The van der Waals surface area contributed by atoms with Gasteiger partial charge in [0.05, 0.1) is 5.03 Å². The van der Waals surface area contributed by atoms with Crippen LogP contribution in [-0.4, -0.2) is 0 Å². The summed E-state index contributed by atoms with van der Waals surface area (Å²) in [5.41, 5.74) is 0. The fourth-order valence-corrected chi connectivity index (χ4v) is 0.772. The van der Waals surface area contributed by atoms with Crippen molar-refractivity contribution in [2.24, 2.45) is 0 Å². The molecule has 0 aromatic rings. The van der Waals surface area contributed by atoms with Gasteiger partial charge in [0.15, 0.2) is 0 Å². The third-order valence-electron chi connectivity index (χ3n) is 0.820. The van der Waals surface area contributed by atoms with Gasteiger partial charge in [0.25, 0.3) is 0 Å². The van der Waals surface area contributed by atoms with Gasteiger partial charge in [0, 0.05) is 11.5 Å². The van der Waals surface area contributed by atoms with Crippen molar-refractivity contribution in [3.8, 4) is 0 Å². The van der Waals surface area contributed by atoms with Crippen LogP contribution in [0.5, 0.6) is 0 Å². The molecular weight excluding hydrogens is 131 g/mol. The van der Waals surface area contributed by atoms with Crippen molar-refractivity contribution in [3.05, 3.63) is 22.2 Å². The fraction of sp³-hybridized carbons (Fsp3) is 0.200. The van der Waals surface area contributed by atoms with Crippen LogP contribution in [0.2, 0.25) is 0 Å². The number of halogens is 2. The van der Waals surface area contributed by atoms with E-state index in [4.69, 9.17) is 23.2 Å². The second kappa shape index (κ2) is 1.89. The van der Waals surface area contributed by atoms with Crippen LogP contribution in [0.15, 0.2) is 22.2 Å². The normalized spacial score (nSPS) is 19.1. The Bertz CT molecular complexity index is 133. The molecule has 0 aromatic carbocycles. The van der Waals surface area contributed by atoms with Crippen LogP contribution in [0.3, 0.4) is 0 Å². The van der Waals surface area contributed by atoms with Gasteiger partial charge in [0.2, 0.25) is 0 Å².